The molecule has 1 atom stereocenters. The highest BCUT2D eigenvalue weighted by atomic mass is 79.9. The number of carbonyl (C=O) groups is 2. The van der Waals surface area contributed by atoms with Gasteiger partial charge in [-0.3, -0.25) is 4.79 Å². The topological polar surface area (TPSA) is 64.6 Å². The second-order valence-electron chi connectivity index (χ2n) is 5.49. The van der Waals surface area contributed by atoms with Crippen LogP contribution in [0.2, 0.25) is 0 Å². The van der Waals surface area contributed by atoms with Crippen LogP contribution in [0.15, 0.2) is 33.6 Å². The zero-order valence-electron chi connectivity index (χ0n) is 13.0. The molecule has 0 heterocycles. The van der Waals surface area contributed by atoms with Gasteiger partial charge in [0.15, 0.2) is 0 Å². The summed E-state index contributed by atoms with van der Waals surface area (Å²) in [7, 11) is 1.32. The van der Waals surface area contributed by atoms with E-state index >= 15 is 0 Å². The summed E-state index contributed by atoms with van der Waals surface area (Å²) in [5.41, 5.74) is -0.595. The van der Waals surface area contributed by atoms with Gasteiger partial charge in [-0.15, -0.1) is 11.8 Å². The summed E-state index contributed by atoms with van der Waals surface area (Å²) in [6.07, 6.45) is -0.512. The molecule has 0 aliphatic heterocycles. The number of alkyl carbamates (subject to hydrolysis) is 1. The SMILES string of the molecule is COC(=O)CC(NC(=O)OC(C)(C)C)Sc1ccc(Br)cc1. The van der Waals surface area contributed by atoms with Gasteiger partial charge in [0.1, 0.15) is 5.60 Å². The van der Waals surface area contributed by atoms with Crippen LogP contribution in [-0.4, -0.2) is 30.1 Å². The summed E-state index contributed by atoms with van der Waals surface area (Å²) in [4.78, 5) is 24.3. The standard InChI is InChI=1S/C15H20BrNO4S/c1-15(2,3)21-14(19)17-12(9-13(18)20-4)22-11-7-5-10(16)6-8-11/h5-8,12H,9H2,1-4H3,(H,17,19). The van der Waals surface area contributed by atoms with Crippen LogP contribution in [0.3, 0.4) is 0 Å². The maximum absolute atomic E-state index is 11.9. The van der Waals surface area contributed by atoms with Crippen molar-refractivity contribution >= 4 is 39.8 Å². The van der Waals surface area contributed by atoms with Crippen molar-refractivity contribution in [3.05, 3.63) is 28.7 Å². The Hall–Kier alpha value is -1.21. The summed E-state index contributed by atoms with van der Waals surface area (Å²) < 4.78 is 10.8. The number of carbonyl (C=O) groups excluding carboxylic acids is 2. The number of hydrogen-bond donors (Lipinski definition) is 1. The van der Waals surface area contributed by atoms with Gasteiger partial charge in [0.25, 0.3) is 0 Å². The van der Waals surface area contributed by atoms with E-state index in [1.807, 2.05) is 24.3 Å². The maximum atomic E-state index is 11.9. The lowest BCUT2D eigenvalue weighted by molar-refractivity contribution is -0.140. The van der Waals surface area contributed by atoms with Gasteiger partial charge in [0.2, 0.25) is 0 Å². The average Bonchev–Trinajstić information content (AvgIpc) is 2.38. The molecule has 1 amide bonds. The first-order valence-corrected chi connectivity index (χ1v) is 8.35. The first-order valence-electron chi connectivity index (χ1n) is 6.68. The molecule has 1 unspecified atom stereocenters. The van der Waals surface area contributed by atoms with E-state index in [9.17, 15) is 9.59 Å². The van der Waals surface area contributed by atoms with E-state index in [1.165, 1.54) is 18.9 Å². The van der Waals surface area contributed by atoms with E-state index in [0.717, 1.165) is 9.37 Å². The van der Waals surface area contributed by atoms with E-state index in [-0.39, 0.29) is 6.42 Å². The number of thioether (sulfide) groups is 1. The molecule has 1 N–H and O–H groups in total. The van der Waals surface area contributed by atoms with Gasteiger partial charge in [0.05, 0.1) is 18.9 Å². The van der Waals surface area contributed by atoms with E-state index in [0.29, 0.717) is 0 Å². The number of benzene rings is 1. The Balaban J connectivity index is 2.73. The van der Waals surface area contributed by atoms with Gasteiger partial charge in [-0.1, -0.05) is 15.9 Å². The molecule has 0 aliphatic carbocycles. The summed E-state index contributed by atoms with van der Waals surface area (Å²) in [6, 6.07) is 7.58. The zero-order chi connectivity index (χ0) is 16.8. The van der Waals surface area contributed by atoms with Crippen LogP contribution in [0.4, 0.5) is 4.79 Å². The molecule has 0 saturated carbocycles. The smallest absolute Gasteiger partial charge is 0.408 e. The summed E-state index contributed by atoms with van der Waals surface area (Å²) in [5.74, 6) is -0.398. The number of rotatable bonds is 5. The minimum atomic E-state index is -0.595. The third-order valence-corrected chi connectivity index (χ3v) is 3.99. The van der Waals surface area contributed by atoms with Gasteiger partial charge in [-0.2, -0.15) is 0 Å². The number of halogens is 1. The molecular weight excluding hydrogens is 370 g/mol. The lowest BCUT2D eigenvalue weighted by Gasteiger charge is -2.23. The molecule has 1 aromatic carbocycles. The molecule has 0 bridgehead atoms. The van der Waals surface area contributed by atoms with E-state index < -0.39 is 23.0 Å². The van der Waals surface area contributed by atoms with Crippen LogP contribution in [0, 0.1) is 0 Å². The lowest BCUT2D eigenvalue weighted by atomic mass is 10.2. The van der Waals surface area contributed by atoms with Crippen molar-refractivity contribution in [2.75, 3.05) is 7.11 Å². The molecule has 0 fully saturated rings. The van der Waals surface area contributed by atoms with E-state index in [4.69, 9.17) is 4.74 Å². The Morgan fingerprint density at radius 3 is 2.36 bits per heavy atom. The fourth-order valence-corrected chi connectivity index (χ4v) is 2.73. The van der Waals surface area contributed by atoms with Crippen molar-refractivity contribution in [1.82, 2.24) is 5.32 Å². The van der Waals surface area contributed by atoms with Crippen LogP contribution >= 0.6 is 27.7 Å². The number of esters is 1. The molecule has 22 heavy (non-hydrogen) atoms. The molecule has 0 aromatic heterocycles. The Morgan fingerprint density at radius 1 is 1.27 bits per heavy atom. The first kappa shape index (κ1) is 18.8. The van der Waals surface area contributed by atoms with E-state index in [2.05, 4.69) is 26.0 Å². The molecule has 7 heteroatoms. The molecule has 0 saturated heterocycles. The van der Waals surface area contributed by atoms with Crippen molar-refractivity contribution in [2.24, 2.45) is 0 Å². The molecule has 1 aromatic rings. The first-order chi connectivity index (χ1) is 10.2. The molecular formula is C15H20BrNO4S. The Bertz CT molecular complexity index is 513. The Labute approximate surface area is 143 Å². The second-order valence-corrected chi connectivity index (χ2v) is 7.68. The Morgan fingerprint density at radius 2 is 1.86 bits per heavy atom. The quantitative estimate of drug-likeness (QED) is 0.469. The largest absolute Gasteiger partial charge is 0.469 e. The second kappa shape index (κ2) is 8.43. The third kappa shape index (κ3) is 7.70. The Kier molecular flexibility index (Phi) is 7.22. The fraction of sp³-hybridized carbons (Fsp3) is 0.467. The number of hydrogen-bond acceptors (Lipinski definition) is 5. The molecule has 0 aliphatic rings. The van der Waals surface area contributed by atoms with Gasteiger partial charge < -0.3 is 14.8 Å². The number of amides is 1. The molecule has 5 nitrogen and oxygen atoms in total. The highest BCUT2D eigenvalue weighted by Crippen LogP contribution is 2.26. The van der Waals surface area contributed by atoms with Crippen LogP contribution in [0.5, 0.6) is 0 Å². The van der Waals surface area contributed by atoms with Crippen molar-refractivity contribution in [2.45, 2.75) is 43.1 Å². The maximum Gasteiger partial charge on any atom is 0.408 e. The third-order valence-electron chi connectivity index (χ3n) is 2.35. The normalized spacial score (nSPS) is 12.4. The summed E-state index contributed by atoms with van der Waals surface area (Å²) in [6.45, 7) is 5.34. The lowest BCUT2D eigenvalue weighted by Crippen LogP contribution is -2.38. The van der Waals surface area contributed by atoms with Crippen molar-refractivity contribution in [3.8, 4) is 0 Å². The number of ether oxygens (including phenoxy) is 2. The molecule has 1 rings (SSSR count). The predicted octanol–water partition coefficient (Wildman–Crippen LogP) is 3.96. The van der Waals surface area contributed by atoms with Gasteiger partial charge in [0, 0.05) is 9.37 Å². The van der Waals surface area contributed by atoms with Crippen molar-refractivity contribution < 1.29 is 19.1 Å². The number of nitrogens with one attached hydrogen (secondary N) is 1. The zero-order valence-corrected chi connectivity index (χ0v) is 15.4. The van der Waals surface area contributed by atoms with Crippen LogP contribution in [0.1, 0.15) is 27.2 Å². The van der Waals surface area contributed by atoms with Crippen LogP contribution in [-0.2, 0) is 14.3 Å². The monoisotopic (exact) mass is 389 g/mol. The van der Waals surface area contributed by atoms with Crippen LogP contribution in [0.25, 0.3) is 0 Å². The minimum absolute atomic E-state index is 0.0521. The van der Waals surface area contributed by atoms with E-state index in [1.54, 1.807) is 20.8 Å². The van der Waals surface area contributed by atoms with Crippen LogP contribution < -0.4 is 5.32 Å². The average molecular weight is 390 g/mol. The van der Waals surface area contributed by atoms with Crippen molar-refractivity contribution in [3.63, 3.8) is 0 Å². The van der Waals surface area contributed by atoms with Crippen molar-refractivity contribution in [1.29, 1.82) is 0 Å². The minimum Gasteiger partial charge on any atom is -0.469 e. The predicted molar refractivity (Wildman–Crippen MR) is 89.8 cm³/mol. The highest BCUT2D eigenvalue weighted by Gasteiger charge is 2.22. The highest BCUT2D eigenvalue weighted by molar-refractivity contribution is 9.10. The summed E-state index contributed by atoms with van der Waals surface area (Å²) in [5, 5.41) is 2.22. The fourth-order valence-electron chi connectivity index (χ4n) is 1.47. The van der Waals surface area contributed by atoms with Gasteiger partial charge >= 0.3 is 12.1 Å². The molecule has 122 valence electrons. The summed E-state index contributed by atoms with van der Waals surface area (Å²) >= 11 is 4.73. The molecule has 0 spiro atoms. The van der Waals surface area contributed by atoms with Gasteiger partial charge in [-0.25, -0.2) is 4.79 Å². The number of methoxy groups -OCH3 is 1. The van der Waals surface area contributed by atoms with Gasteiger partial charge in [-0.05, 0) is 45.0 Å². The molecule has 0 radical (unpaired) electrons.